The second-order valence-electron chi connectivity index (χ2n) is 0.971. The number of nitrogens with one attached hydrogen (secondary N) is 2. The molecule has 0 atom stereocenters. The average Bonchev–Trinajstić information content (AvgIpc) is 1.66. The number of nitrogens with two attached hydrogens (primary N) is 1. The van der Waals surface area contributed by atoms with Crippen LogP contribution in [0.25, 0.3) is 0 Å². The van der Waals surface area contributed by atoms with Gasteiger partial charge in [-0.2, -0.15) is 5.10 Å². The van der Waals surface area contributed by atoms with Crippen LogP contribution in [0.5, 0.6) is 0 Å². The molecule has 4 heteroatoms. The van der Waals surface area contributed by atoms with Crippen LogP contribution in [-0.2, 0) is 0 Å². The van der Waals surface area contributed by atoms with Gasteiger partial charge in [-0.1, -0.05) is 6.58 Å². The molecule has 0 amide bonds. The Balaban J connectivity index is 3.29. The second-order valence-corrected chi connectivity index (χ2v) is 0.971. The second kappa shape index (κ2) is 3.86. The monoisotopic (exact) mass is 111 g/mol. The van der Waals surface area contributed by atoms with E-state index in [4.69, 9.17) is 11.1 Å². The van der Waals surface area contributed by atoms with E-state index in [-0.39, 0.29) is 5.96 Å². The standard InChI is InChI=1S/C4H7N4/c1-2-3-7-8-4(5)6/h2H,1H2,(H4,5,6,8). The summed E-state index contributed by atoms with van der Waals surface area (Å²) in [6, 6.07) is 0. The molecule has 0 bridgehead atoms. The normalized spacial score (nSPS) is 9.00. The molecule has 0 fully saturated rings. The molecule has 0 saturated heterocycles. The summed E-state index contributed by atoms with van der Waals surface area (Å²) >= 11 is 0. The van der Waals surface area contributed by atoms with Crippen LogP contribution in [0.15, 0.2) is 17.8 Å². The topological polar surface area (TPSA) is 74.3 Å². The molecule has 0 aliphatic heterocycles. The van der Waals surface area contributed by atoms with Crippen LogP contribution in [0, 0.1) is 5.41 Å². The Morgan fingerprint density at radius 2 is 2.62 bits per heavy atom. The Morgan fingerprint density at radius 3 is 3.00 bits per heavy atom. The van der Waals surface area contributed by atoms with Crippen molar-refractivity contribution >= 4 is 12.2 Å². The molecule has 0 aliphatic carbocycles. The lowest BCUT2D eigenvalue weighted by Crippen LogP contribution is -2.25. The first kappa shape index (κ1) is 6.68. The summed E-state index contributed by atoms with van der Waals surface area (Å²) in [5.74, 6) is -0.209. The minimum absolute atomic E-state index is 0.209. The van der Waals surface area contributed by atoms with Gasteiger partial charge < -0.3 is 5.73 Å². The molecule has 43 valence electrons. The summed E-state index contributed by atoms with van der Waals surface area (Å²) in [6.45, 7) is 3.30. The summed E-state index contributed by atoms with van der Waals surface area (Å²) in [6.07, 6.45) is 3.69. The van der Waals surface area contributed by atoms with Gasteiger partial charge in [-0.25, -0.2) is 5.43 Å². The van der Waals surface area contributed by atoms with Crippen molar-refractivity contribution in [1.82, 2.24) is 5.43 Å². The van der Waals surface area contributed by atoms with Gasteiger partial charge in [0.05, 0.1) is 0 Å². The van der Waals surface area contributed by atoms with Gasteiger partial charge in [0.25, 0.3) is 0 Å². The van der Waals surface area contributed by atoms with Crippen molar-refractivity contribution in [3.63, 3.8) is 0 Å². The smallest absolute Gasteiger partial charge is 0.206 e. The third kappa shape index (κ3) is 4.68. The Hall–Kier alpha value is -1.32. The van der Waals surface area contributed by atoms with Gasteiger partial charge in [-0.05, 0) is 6.08 Å². The van der Waals surface area contributed by atoms with E-state index in [0.717, 1.165) is 0 Å². The van der Waals surface area contributed by atoms with Crippen molar-refractivity contribution in [2.24, 2.45) is 10.8 Å². The Kier molecular flexibility index (Phi) is 3.22. The van der Waals surface area contributed by atoms with E-state index >= 15 is 0 Å². The largest absolute Gasteiger partial charge is 0.369 e. The highest BCUT2D eigenvalue weighted by Gasteiger charge is 1.73. The molecular formula is C4H7N4. The Labute approximate surface area is 47.6 Å². The highest BCUT2D eigenvalue weighted by Crippen LogP contribution is 1.54. The predicted molar refractivity (Wildman–Crippen MR) is 32.7 cm³/mol. The Morgan fingerprint density at radius 1 is 2.00 bits per heavy atom. The lowest BCUT2D eigenvalue weighted by Gasteiger charge is -1.88. The van der Waals surface area contributed by atoms with E-state index in [1.807, 2.05) is 0 Å². The zero-order valence-corrected chi connectivity index (χ0v) is 4.31. The van der Waals surface area contributed by atoms with Crippen molar-refractivity contribution in [2.75, 3.05) is 0 Å². The molecule has 4 N–H and O–H groups in total. The van der Waals surface area contributed by atoms with E-state index in [1.165, 1.54) is 6.08 Å². The van der Waals surface area contributed by atoms with Gasteiger partial charge in [0.1, 0.15) is 6.21 Å². The van der Waals surface area contributed by atoms with Crippen LogP contribution >= 0.6 is 0 Å². The highest BCUT2D eigenvalue weighted by atomic mass is 15.3. The lowest BCUT2D eigenvalue weighted by molar-refractivity contribution is 1.00. The molecule has 8 heavy (non-hydrogen) atoms. The highest BCUT2D eigenvalue weighted by molar-refractivity contribution is 5.77. The molecular weight excluding hydrogens is 104 g/mol. The summed E-state index contributed by atoms with van der Waals surface area (Å²) in [7, 11) is 0. The molecule has 0 unspecified atom stereocenters. The molecule has 0 aromatic carbocycles. The molecule has 0 rings (SSSR count). The fraction of sp³-hybridized carbons (Fsp3) is 0. The molecule has 0 saturated carbocycles. The van der Waals surface area contributed by atoms with Gasteiger partial charge in [0.15, 0.2) is 0 Å². The maximum Gasteiger partial charge on any atom is 0.206 e. The number of hydrogen-bond acceptors (Lipinski definition) is 2. The number of hydrogen-bond donors (Lipinski definition) is 3. The summed E-state index contributed by atoms with van der Waals surface area (Å²) < 4.78 is 0. The minimum atomic E-state index is -0.209. The molecule has 0 spiro atoms. The third-order valence-electron chi connectivity index (χ3n) is 0.332. The first-order valence-corrected chi connectivity index (χ1v) is 1.93. The average molecular weight is 111 g/mol. The fourth-order valence-electron chi connectivity index (χ4n) is 0.138. The SMILES string of the molecule is C=C/[C]=N/NC(=N)N. The van der Waals surface area contributed by atoms with Crippen LogP contribution in [0.3, 0.4) is 0 Å². The first-order chi connectivity index (χ1) is 3.77. The Bertz CT molecular complexity index is 115. The van der Waals surface area contributed by atoms with E-state index < -0.39 is 0 Å². The zero-order chi connectivity index (χ0) is 6.41. The van der Waals surface area contributed by atoms with Crippen molar-refractivity contribution in [2.45, 2.75) is 0 Å². The number of rotatable bonds is 2. The summed E-state index contributed by atoms with van der Waals surface area (Å²) in [4.78, 5) is 0. The van der Waals surface area contributed by atoms with Crippen molar-refractivity contribution in [3.8, 4) is 0 Å². The van der Waals surface area contributed by atoms with Gasteiger partial charge in [0.2, 0.25) is 5.96 Å². The molecule has 0 aromatic rings. The maximum atomic E-state index is 6.57. The van der Waals surface area contributed by atoms with E-state index in [1.54, 1.807) is 0 Å². The van der Waals surface area contributed by atoms with Crippen LogP contribution in [0.2, 0.25) is 0 Å². The molecule has 0 heterocycles. The van der Waals surface area contributed by atoms with Crippen LogP contribution in [0.1, 0.15) is 0 Å². The van der Waals surface area contributed by atoms with Crippen LogP contribution < -0.4 is 11.2 Å². The molecule has 0 aromatic heterocycles. The number of allylic oxidation sites excluding steroid dienone is 1. The zero-order valence-electron chi connectivity index (χ0n) is 4.31. The minimum Gasteiger partial charge on any atom is -0.369 e. The van der Waals surface area contributed by atoms with Crippen molar-refractivity contribution in [1.29, 1.82) is 5.41 Å². The molecule has 4 nitrogen and oxygen atoms in total. The van der Waals surface area contributed by atoms with Gasteiger partial charge >= 0.3 is 0 Å². The van der Waals surface area contributed by atoms with E-state index in [2.05, 4.69) is 23.3 Å². The van der Waals surface area contributed by atoms with E-state index in [9.17, 15) is 0 Å². The summed E-state index contributed by atoms with van der Waals surface area (Å²) in [5, 5.41) is 9.89. The van der Waals surface area contributed by atoms with Crippen molar-refractivity contribution < 1.29 is 0 Å². The fourth-order valence-corrected chi connectivity index (χ4v) is 0.138. The van der Waals surface area contributed by atoms with E-state index in [0.29, 0.717) is 0 Å². The molecule has 1 radical (unpaired) electrons. The van der Waals surface area contributed by atoms with Gasteiger partial charge in [-0.3, -0.25) is 5.41 Å². The number of guanidine groups is 1. The molecule has 0 aliphatic rings. The van der Waals surface area contributed by atoms with Crippen molar-refractivity contribution in [3.05, 3.63) is 12.7 Å². The van der Waals surface area contributed by atoms with Gasteiger partial charge in [-0.15, -0.1) is 0 Å². The summed E-state index contributed by atoms with van der Waals surface area (Å²) in [5.41, 5.74) is 6.99. The number of nitrogens with zero attached hydrogens (tertiary/aromatic N) is 1. The maximum absolute atomic E-state index is 6.57. The number of hydrazone groups is 1. The van der Waals surface area contributed by atoms with Gasteiger partial charge in [0, 0.05) is 0 Å². The third-order valence-corrected chi connectivity index (χ3v) is 0.332. The van der Waals surface area contributed by atoms with Crippen LogP contribution in [0.4, 0.5) is 0 Å². The predicted octanol–water partition coefficient (Wildman–Crippen LogP) is -0.482. The van der Waals surface area contributed by atoms with Crippen LogP contribution in [-0.4, -0.2) is 12.2 Å². The lowest BCUT2D eigenvalue weighted by atomic mass is 10.7. The first-order valence-electron chi connectivity index (χ1n) is 1.93. The quantitative estimate of drug-likeness (QED) is 0.256.